The number of amides is 1. The summed E-state index contributed by atoms with van der Waals surface area (Å²) in [6.45, 7) is 1.87. The first kappa shape index (κ1) is 12.7. The van der Waals surface area contributed by atoms with Crippen LogP contribution in [0.15, 0.2) is 24.3 Å². The molecule has 0 atom stereocenters. The second kappa shape index (κ2) is 5.77. The van der Waals surface area contributed by atoms with Crippen molar-refractivity contribution < 1.29 is 4.79 Å². The van der Waals surface area contributed by atoms with Gasteiger partial charge in [-0.05, 0) is 55.7 Å². The van der Waals surface area contributed by atoms with Gasteiger partial charge in [0.05, 0.1) is 0 Å². The molecular weight excluding hydrogens is 234 g/mol. The van der Waals surface area contributed by atoms with Gasteiger partial charge in [0.15, 0.2) is 0 Å². The first-order valence-electron chi connectivity index (χ1n) is 7.74. The molecule has 1 aromatic rings. The Bertz CT molecular complexity index is 425. The minimum atomic E-state index is 0.220. The normalized spacial score (nSPS) is 20.7. The summed E-state index contributed by atoms with van der Waals surface area (Å²) in [6, 6.07) is 8.41. The van der Waals surface area contributed by atoms with Crippen molar-refractivity contribution >= 4 is 5.91 Å². The average Bonchev–Trinajstić information content (AvgIpc) is 3.02. The predicted molar refractivity (Wildman–Crippen MR) is 77.4 cm³/mol. The van der Waals surface area contributed by atoms with E-state index >= 15 is 0 Å². The monoisotopic (exact) mass is 257 g/mol. The number of piperidine rings is 1. The Kier molecular flexibility index (Phi) is 3.86. The van der Waals surface area contributed by atoms with Gasteiger partial charge >= 0.3 is 0 Å². The Balaban J connectivity index is 1.69. The standard InChI is InChI=1S/C17H23NO/c19-17(18-12-4-1-5-13-18)16-10-8-15(9-11-16)14-6-2-3-7-14/h8-11,14H,1-7,12-13H2. The summed E-state index contributed by atoms with van der Waals surface area (Å²) in [5.41, 5.74) is 2.29. The Morgan fingerprint density at radius 2 is 1.53 bits per heavy atom. The minimum absolute atomic E-state index is 0.220. The van der Waals surface area contributed by atoms with E-state index in [4.69, 9.17) is 0 Å². The van der Waals surface area contributed by atoms with E-state index in [9.17, 15) is 4.79 Å². The lowest BCUT2D eigenvalue weighted by atomic mass is 9.96. The van der Waals surface area contributed by atoms with E-state index in [1.165, 1.54) is 37.7 Å². The number of hydrogen-bond acceptors (Lipinski definition) is 1. The molecule has 1 aromatic carbocycles. The molecule has 0 aromatic heterocycles. The second-order valence-corrected chi connectivity index (χ2v) is 5.96. The van der Waals surface area contributed by atoms with E-state index in [1.807, 2.05) is 17.0 Å². The summed E-state index contributed by atoms with van der Waals surface area (Å²) in [6.07, 6.45) is 8.94. The maximum Gasteiger partial charge on any atom is 0.253 e. The van der Waals surface area contributed by atoms with Gasteiger partial charge in [0.25, 0.3) is 5.91 Å². The van der Waals surface area contributed by atoms with Gasteiger partial charge < -0.3 is 4.90 Å². The topological polar surface area (TPSA) is 20.3 Å². The Morgan fingerprint density at radius 1 is 0.895 bits per heavy atom. The van der Waals surface area contributed by atoms with E-state index in [-0.39, 0.29) is 5.91 Å². The molecule has 1 aliphatic heterocycles. The van der Waals surface area contributed by atoms with Crippen LogP contribution in [0.2, 0.25) is 0 Å². The molecule has 2 nitrogen and oxygen atoms in total. The van der Waals surface area contributed by atoms with Crippen LogP contribution >= 0.6 is 0 Å². The number of benzene rings is 1. The van der Waals surface area contributed by atoms with Crippen LogP contribution in [0.25, 0.3) is 0 Å². The van der Waals surface area contributed by atoms with Crippen molar-refractivity contribution in [2.24, 2.45) is 0 Å². The minimum Gasteiger partial charge on any atom is -0.339 e. The predicted octanol–water partition coefficient (Wildman–Crippen LogP) is 3.97. The highest BCUT2D eigenvalue weighted by Gasteiger charge is 2.20. The zero-order valence-electron chi connectivity index (χ0n) is 11.6. The Labute approximate surface area is 115 Å². The molecule has 0 spiro atoms. The number of nitrogens with zero attached hydrogens (tertiary/aromatic N) is 1. The summed E-state index contributed by atoms with van der Waals surface area (Å²) in [5, 5.41) is 0. The van der Waals surface area contributed by atoms with Gasteiger partial charge in [0.2, 0.25) is 0 Å². The first-order chi connectivity index (χ1) is 9.34. The van der Waals surface area contributed by atoms with Gasteiger partial charge in [0, 0.05) is 18.7 Å². The fourth-order valence-corrected chi connectivity index (χ4v) is 3.44. The van der Waals surface area contributed by atoms with Crippen molar-refractivity contribution in [2.75, 3.05) is 13.1 Å². The van der Waals surface area contributed by atoms with Crippen molar-refractivity contribution in [3.8, 4) is 0 Å². The lowest BCUT2D eigenvalue weighted by Gasteiger charge is -2.26. The van der Waals surface area contributed by atoms with Crippen molar-refractivity contribution in [2.45, 2.75) is 50.9 Å². The van der Waals surface area contributed by atoms with Gasteiger partial charge in [-0.15, -0.1) is 0 Å². The molecule has 0 unspecified atom stereocenters. The summed E-state index contributed by atoms with van der Waals surface area (Å²) < 4.78 is 0. The molecule has 1 saturated carbocycles. The maximum absolute atomic E-state index is 12.4. The number of hydrogen-bond donors (Lipinski definition) is 0. The molecular formula is C17H23NO. The SMILES string of the molecule is O=C(c1ccc(C2CCCC2)cc1)N1CCCCC1. The Morgan fingerprint density at radius 3 is 2.16 bits per heavy atom. The molecule has 0 bridgehead atoms. The highest BCUT2D eigenvalue weighted by Crippen LogP contribution is 2.34. The van der Waals surface area contributed by atoms with Crippen LogP contribution in [0, 0.1) is 0 Å². The van der Waals surface area contributed by atoms with Gasteiger partial charge in [-0.25, -0.2) is 0 Å². The van der Waals surface area contributed by atoms with Gasteiger partial charge in [-0.3, -0.25) is 4.79 Å². The largest absolute Gasteiger partial charge is 0.339 e. The molecule has 0 N–H and O–H groups in total. The summed E-state index contributed by atoms with van der Waals surface area (Å²) in [4.78, 5) is 14.4. The van der Waals surface area contributed by atoms with Crippen molar-refractivity contribution in [1.82, 2.24) is 4.90 Å². The average molecular weight is 257 g/mol. The lowest BCUT2D eigenvalue weighted by molar-refractivity contribution is 0.0724. The van der Waals surface area contributed by atoms with E-state index < -0.39 is 0 Å². The molecule has 3 rings (SSSR count). The summed E-state index contributed by atoms with van der Waals surface area (Å²) in [5.74, 6) is 0.955. The highest BCUT2D eigenvalue weighted by molar-refractivity contribution is 5.94. The van der Waals surface area contributed by atoms with Crippen LogP contribution in [0.4, 0.5) is 0 Å². The van der Waals surface area contributed by atoms with E-state index in [2.05, 4.69) is 12.1 Å². The van der Waals surface area contributed by atoms with Gasteiger partial charge in [-0.2, -0.15) is 0 Å². The molecule has 1 aliphatic carbocycles. The van der Waals surface area contributed by atoms with Crippen LogP contribution in [0.1, 0.15) is 66.8 Å². The van der Waals surface area contributed by atoms with Crippen molar-refractivity contribution in [3.63, 3.8) is 0 Å². The maximum atomic E-state index is 12.4. The van der Waals surface area contributed by atoms with Crippen LogP contribution in [0.5, 0.6) is 0 Å². The first-order valence-corrected chi connectivity index (χ1v) is 7.74. The number of carbonyl (C=O) groups is 1. The molecule has 1 amide bonds. The zero-order chi connectivity index (χ0) is 13.1. The third kappa shape index (κ3) is 2.83. The highest BCUT2D eigenvalue weighted by atomic mass is 16.2. The van der Waals surface area contributed by atoms with Crippen molar-refractivity contribution in [1.29, 1.82) is 0 Å². The molecule has 2 fully saturated rings. The van der Waals surface area contributed by atoms with Crippen LogP contribution in [-0.2, 0) is 0 Å². The van der Waals surface area contributed by atoms with E-state index in [0.717, 1.165) is 37.4 Å². The number of carbonyl (C=O) groups excluding carboxylic acids is 1. The van der Waals surface area contributed by atoms with Gasteiger partial charge in [0.1, 0.15) is 0 Å². The van der Waals surface area contributed by atoms with Crippen LogP contribution < -0.4 is 0 Å². The summed E-state index contributed by atoms with van der Waals surface area (Å²) in [7, 11) is 0. The quantitative estimate of drug-likeness (QED) is 0.785. The molecule has 2 heteroatoms. The molecule has 19 heavy (non-hydrogen) atoms. The lowest BCUT2D eigenvalue weighted by Crippen LogP contribution is -2.35. The third-order valence-electron chi connectivity index (χ3n) is 4.63. The van der Waals surface area contributed by atoms with E-state index in [1.54, 1.807) is 0 Å². The molecule has 2 aliphatic rings. The van der Waals surface area contributed by atoms with Crippen LogP contribution in [-0.4, -0.2) is 23.9 Å². The zero-order valence-corrected chi connectivity index (χ0v) is 11.6. The molecule has 1 saturated heterocycles. The Hall–Kier alpha value is -1.31. The fraction of sp³-hybridized carbons (Fsp3) is 0.588. The molecule has 102 valence electrons. The number of rotatable bonds is 2. The smallest absolute Gasteiger partial charge is 0.253 e. The fourth-order valence-electron chi connectivity index (χ4n) is 3.44. The van der Waals surface area contributed by atoms with Crippen LogP contribution in [0.3, 0.4) is 0 Å². The second-order valence-electron chi connectivity index (χ2n) is 5.96. The summed E-state index contributed by atoms with van der Waals surface area (Å²) >= 11 is 0. The molecule has 1 heterocycles. The number of likely N-dealkylation sites (tertiary alicyclic amines) is 1. The van der Waals surface area contributed by atoms with Gasteiger partial charge in [-0.1, -0.05) is 25.0 Å². The van der Waals surface area contributed by atoms with Crippen molar-refractivity contribution in [3.05, 3.63) is 35.4 Å². The third-order valence-corrected chi connectivity index (χ3v) is 4.63. The molecule has 0 radical (unpaired) electrons. The van der Waals surface area contributed by atoms with E-state index in [0.29, 0.717) is 0 Å².